The first kappa shape index (κ1) is 17.8. The number of hydrogen-bond donors (Lipinski definition) is 1. The lowest BCUT2D eigenvalue weighted by Crippen LogP contribution is -2.61. The van der Waals surface area contributed by atoms with Crippen molar-refractivity contribution in [2.24, 2.45) is 0 Å². The van der Waals surface area contributed by atoms with Crippen LogP contribution in [0.25, 0.3) is 10.9 Å². The molecule has 1 saturated heterocycles. The van der Waals surface area contributed by atoms with Crippen LogP contribution >= 0.6 is 0 Å². The molecule has 154 valence electrons. The number of H-pyrrole nitrogens is 1. The van der Waals surface area contributed by atoms with E-state index in [0.29, 0.717) is 17.9 Å². The van der Waals surface area contributed by atoms with Crippen molar-refractivity contribution in [3.8, 4) is 11.5 Å². The lowest BCUT2D eigenvalue weighted by Gasteiger charge is -2.45. The summed E-state index contributed by atoms with van der Waals surface area (Å²) in [6.45, 7) is 0.134. The fourth-order valence-corrected chi connectivity index (χ4v) is 6.69. The number of para-hydroxylation sites is 1. The molecular weight excluding hydrogens is 406 g/mol. The number of ether oxygens (including phenoxy) is 2. The minimum absolute atomic E-state index is 0.134. The second-order valence-electron chi connectivity index (χ2n) is 7.91. The number of rotatable bonds is 1. The van der Waals surface area contributed by atoms with Crippen molar-refractivity contribution in [1.29, 1.82) is 0 Å². The molecule has 3 aliphatic rings. The van der Waals surface area contributed by atoms with Crippen molar-refractivity contribution in [3.05, 3.63) is 59.3 Å². The number of amides is 1. The molecule has 0 spiro atoms. The number of nitrogens with one attached hydrogen (secondary N) is 1. The molecule has 9 heteroatoms. The van der Waals surface area contributed by atoms with E-state index in [4.69, 9.17) is 9.47 Å². The van der Waals surface area contributed by atoms with Crippen molar-refractivity contribution in [1.82, 2.24) is 14.2 Å². The lowest BCUT2D eigenvalue weighted by atomic mass is 9.89. The molecule has 0 saturated carbocycles. The Morgan fingerprint density at radius 3 is 2.77 bits per heavy atom. The number of likely N-dealkylation sites (N-methyl/N-ethyl adjacent to an activating group) is 1. The lowest BCUT2D eigenvalue weighted by molar-refractivity contribution is -0.135. The molecule has 0 aliphatic carbocycles. The summed E-state index contributed by atoms with van der Waals surface area (Å²) in [7, 11) is -2.17. The monoisotopic (exact) mass is 425 g/mol. The predicted molar refractivity (Wildman–Crippen MR) is 109 cm³/mol. The van der Waals surface area contributed by atoms with Crippen LogP contribution in [-0.4, -0.2) is 54.3 Å². The van der Waals surface area contributed by atoms with Crippen LogP contribution in [0, 0.1) is 0 Å². The summed E-state index contributed by atoms with van der Waals surface area (Å²) >= 11 is 0. The Kier molecular flexibility index (Phi) is 3.55. The SMILES string of the molecule is CN1CS(=O)(=O)N2[C@H](c3ccc4c(c3)OCO4)c3[nH]c4ccccc4c3C[C@@H]2C1=O. The highest BCUT2D eigenvalue weighted by Crippen LogP contribution is 2.46. The Hall–Kier alpha value is -3.04. The number of carbonyl (C=O) groups excluding carboxylic acids is 1. The molecule has 1 amide bonds. The van der Waals surface area contributed by atoms with Crippen molar-refractivity contribution in [2.45, 2.75) is 18.5 Å². The Morgan fingerprint density at radius 2 is 1.90 bits per heavy atom. The van der Waals surface area contributed by atoms with E-state index in [2.05, 4.69) is 4.98 Å². The maximum Gasteiger partial charge on any atom is 0.242 e. The summed E-state index contributed by atoms with van der Waals surface area (Å²) in [4.78, 5) is 17.8. The van der Waals surface area contributed by atoms with Gasteiger partial charge in [-0.3, -0.25) is 4.79 Å². The predicted octanol–water partition coefficient (Wildman–Crippen LogP) is 1.97. The molecule has 8 nitrogen and oxygen atoms in total. The zero-order chi connectivity index (χ0) is 20.6. The van der Waals surface area contributed by atoms with Gasteiger partial charge in [0.25, 0.3) is 0 Å². The van der Waals surface area contributed by atoms with Gasteiger partial charge in [0, 0.05) is 30.1 Å². The Labute approximate surface area is 173 Å². The average molecular weight is 425 g/mol. The van der Waals surface area contributed by atoms with Crippen molar-refractivity contribution >= 4 is 26.8 Å². The molecule has 3 aromatic rings. The van der Waals surface area contributed by atoms with Gasteiger partial charge in [0.1, 0.15) is 11.9 Å². The Morgan fingerprint density at radius 1 is 1.10 bits per heavy atom. The second kappa shape index (κ2) is 5.99. The molecule has 0 unspecified atom stereocenters. The number of fused-ring (bicyclic) bond motifs is 5. The van der Waals surface area contributed by atoms with Crippen molar-refractivity contribution in [2.75, 3.05) is 19.7 Å². The Balaban J connectivity index is 1.63. The minimum atomic E-state index is -3.71. The first-order valence-electron chi connectivity index (χ1n) is 9.69. The van der Waals surface area contributed by atoms with E-state index in [-0.39, 0.29) is 18.6 Å². The first-order chi connectivity index (χ1) is 14.4. The molecule has 2 aromatic carbocycles. The molecule has 2 atom stereocenters. The molecular formula is C21H19N3O5S. The molecule has 0 radical (unpaired) electrons. The first-order valence-corrected chi connectivity index (χ1v) is 11.3. The third-order valence-electron chi connectivity index (χ3n) is 6.13. The fraction of sp³-hybridized carbons (Fsp3) is 0.286. The van der Waals surface area contributed by atoms with E-state index < -0.39 is 22.1 Å². The second-order valence-corrected chi connectivity index (χ2v) is 9.75. The fourth-order valence-electron chi connectivity index (χ4n) is 4.84. The van der Waals surface area contributed by atoms with Gasteiger partial charge < -0.3 is 19.4 Å². The van der Waals surface area contributed by atoms with Crippen molar-refractivity contribution < 1.29 is 22.7 Å². The number of carbonyl (C=O) groups is 1. The number of nitrogens with zero attached hydrogens (tertiary/aromatic N) is 2. The zero-order valence-corrected chi connectivity index (χ0v) is 17.0. The highest BCUT2D eigenvalue weighted by molar-refractivity contribution is 7.89. The van der Waals surface area contributed by atoms with Crippen molar-refractivity contribution in [3.63, 3.8) is 0 Å². The van der Waals surface area contributed by atoms with Crippen LogP contribution in [-0.2, 0) is 21.2 Å². The highest BCUT2D eigenvalue weighted by atomic mass is 32.2. The zero-order valence-electron chi connectivity index (χ0n) is 16.2. The molecule has 1 N–H and O–H groups in total. The maximum atomic E-state index is 13.3. The molecule has 6 rings (SSSR count). The summed E-state index contributed by atoms with van der Waals surface area (Å²) < 4.78 is 38.9. The van der Waals surface area contributed by atoms with Gasteiger partial charge in [-0.05, 0) is 29.3 Å². The Bertz CT molecular complexity index is 1320. The topological polar surface area (TPSA) is 91.9 Å². The molecule has 3 aliphatic heterocycles. The number of benzene rings is 2. The van der Waals surface area contributed by atoms with Gasteiger partial charge in [0.2, 0.25) is 22.7 Å². The van der Waals surface area contributed by atoms with E-state index >= 15 is 0 Å². The van der Waals surface area contributed by atoms with Crippen LogP contribution < -0.4 is 9.47 Å². The van der Waals surface area contributed by atoms with Crippen LogP contribution in [0.2, 0.25) is 0 Å². The quantitative estimate of drug-likeness (QED) is 0.644. The van der Waals surface area contributed by atoms with Gasteiger partial charge in [-0.2, -0.15) is 4.31 Å². The third kappa shape index (κ3) is 2.36. The summed E-state index contributed by atoms with van der Waals surface area (Å²) in [5.74, 6) is 0.677. The highest BCUT2D eigenvalue weighted by Gasteiger charge is 2.51. The normalized spacial score (nSPS) is 24.7. The van der Waals surface area contributed by atoms with Crippen LogP contribution in [0.3, 0.4) is 0 Å². The summed E-state index contributed by atoms with van der Waals surface area (Å²) in [5, 5.41) is 1.01. The van der Waals surface area contributed by atoms with Gasteiger partial charge in [-0.25, -0.2) is 8.42 Å². The third-order valence-corrected chi connectivity index (χ3v) is 7.95. The van der Waals surface area contributed by atoms with Gasteiger partial charge in [-0.1, -0.05) is 24.3 Å². The van der Waals surface area contributed by atoms with E-state index in [1.807, 2.05) is 36.4 Å². The smallest absolute Gasteiger partial charge is 0.242 e. The van der Waals surface area contributed by atoms with Gasteiger partial charge >= 0.3 is 0 Å². The summed E-state index contributed by atoms with van der Waals surface area (Å²) in [5.41, 5.74) is 3.43. The standard InChI is InChI=1S/C21H19N3O5S/c1-23-10-30(26,27)24-16(21(23)25)9-14-13-4-2-3-5-15(13)22-19(14)20(24)12-6-7-17-18(8-12)29-11-28-17/h2-8,16,20,22H,9-11H2,1H3/t16-,20-/m1/s1. The number of hydrogen-bond acceptors (Lipinski definition) is 5. The van der Waals surface area contributed by atoms with Crippen LogP contribution in [0.15, 0.2) is 42.5 Å². The molecule has 4 heterocycles. The van der Waals surface area contributed by atoms with Gasteiger partial charge in [0.05, 0.1) is 6.04 Å². The van der Waals surface area contributed by atoms with E-state index in [1.54, 1.807) is 6.07 Å². The molecule has 0 bridgehead atoms. The van der Waals surface area contributed by atoms with Gasteiger partial charge in [-0.15, -0.1) is 0 Å². The summed E-state index contributed by atoms with van der Waals surface area (Å²) in [6.07, 6.45) is 0.336. The maximum absolute atomic E-state index is 13.3. The van der Waals surface area contributed by atoms with E-state index in [1.165, 1.54) is 16.3 Å². The molecule has 30 heavy (non-hydrogen) atoms. The van der Waals surface area contributed by atoms with Gasteiger partial charge in [0.15, 0.2) is 11.5 Å². The van der Waals surface area contributed by atoms with Crippen LogP contribution in [0.5, 0.6) is 11.5 Å². The number of sulfonamides is 1. The number of aromatic amines is 1. The molecule has 1 fully saturated rings. The largest absolute Gasteiger partial charge is 0.454 e. The van der Waals surface area contributed by atoms with E-state index in [0.717, 1.165) is 27.7 Å². The van der Waals surface area contributed by atoms with Crippen LogP contribution in [0.1, 0.15) is 22.9 Å². The average Bonchev–Trinajstić information content (AvgIpc) is 3.34. The number of aromatic nitrogens is 1. The van der Waals surface area contributed by atoms with Crippen LogP contribution in [0.4, 0.5) is 0 Å². The van der Waals surface area contributed by atoms with E-state index in [9.17, 15) is 13.2 Å². The minimum Gasteiger partial charge on any atom is -0.454 e. The summed E-state index contributed by atoms with van der Waals surface area (Å²) in [6, 6.07) is 11.9. The molecule has 1 aromatic heterocycles.